The number of aromatic amines is 1. The molecule has 0 aromatic carbocycles. The minimum absolute atomic E-state index is 0.261. The topological polar surface area (TPSA) is 199 Å². The highest BCUT2D eigenvalue weighted by molar-refractivity contribution is 7.70. The molecule has 0 aliphatic heterocycles. The molecule has 0 spiro atoms. The number of rotatable bonds is 6. The van der Waals surface area contributed by atoms with E-state index in [0.717, 1.165) is 10.6 Å². The Kier molecular flexibility index (Phi) is 4.70. The summed E-state index contributed by atoms with van der Waals surface area (Å²) in [5.74, 6) is -1.84. The van der Waals surface area contributed by atoms with Crippen LogP contribution in [-0.2, 0) is 13.7 Å². The third-order valence-corrected chi connectivity index (χ3v) is 8.36. The Balaban J connectivity index is 1.79. The molecule has 12 nitrogen and oxygen atoms in total. The third-order valence-electron chi connectivity index (χ3n) is 4.92. The maximum absolute atomic E-state index is 11.9. The second-order valence-electron chi connectivity index (χ2n) is 6.70. The van der Waals surface area contributed by atoms with Gasteiger partial charge in [0.1, 0.15) is 6.10 Å². The second-order valence-corrected chi connectivity index (χ2v) is 10.7. The standard InChI is InChI=1S/C12H18N2O10P2/c15-7-1-2-14(11(18)13-7)8-6-3-12(6,10(17)9(8)16)4-24-26(22,23)5-25(19,20)21/h1-2,6,8-10,16-17H,3-5H2,(H,22,23)(H,13,15,18)(H2,19,20,21)/t6-,8-,9+,10+,12?/m1/s1. The van der Waals surface area contributed by atoms with Crippen LogP contribution in [0.3, 0.4) is 0 Å². The molecule has 0 bridgehead atoms. The number of aliphatic hydroxyl groups is 2. The van der Waals surface area contributed by atoms with Crippen molar-refractivity contribution in [3.63, 3.8) is 0 Å². The van der Waals surface area contributed by atoms with Crippen molar-refractivity contribution < 1.29 is 38.5 Å². The van der Waals surface area contributed by atoms with Crippen LogP contribution >= 0.6 is 15.2 Å². The molecule has 6 N–H and O–H groups in total. The van der Waals surface area contributed by atoms with Gasteiger partial charge in [-0.2, -0.15) is 0 Å². The van der Waals surface area contributed by atoms with Crippen LogP contribution in [0.15, 0.2) is 21.9 Å². The van der Waals surface area contributed by atoms with Gasteiger partial charge in [-0.1, -0.05) is 0 Å². The van der Waals surface area contributed by atoms with Crippen LogP contribution in [-0.4, -0.2) is 59.2 Å². The van der Waals surface area contributed by atoms with Gasteiger partial charge in [0, 0.05) is 17.7 Å². The van der Waals surface area contributed by atoms with Gasteiger partial charge >= 0.3 is 20.9 Å². The number of nitrogens with zero attached hydrogens (tertiary/aromatic N) is 1. The molecule has 2 saturated carbocycles. The van der Waals surface area contributed by atoms with E-state index in [9.17, 15) is 33.8 Å². The van der Waals surface area contributed by atoms with E-state index < -0.39 is 68.5 Å². The molecule has 6 atom stereocenters. The lowest BCUT2D eigenvalue weighted by molar-refractivity contribution is -0.0290. The monoisotopic (exact) mass is 412 g/mol. The van der Waals surface area contributed by atoms with Crippen molar-refractivity contribution >= 4 is 15.2 Å². The summed E-state index contributed by atoms with van der Waals surface area (Å²) in [4.78, 5) is 52.3. The van der Waals surface area contributed by atoms with Gasteiger partial charge in [0.25, 0.3) is 5.56 Å². The van der Waals surface area contributed by atoms with Gasteiger partial charge in [-0.05, 0) is 12.3 Å². The fourth-order valence-corrected chi connectivity index (χ4v) is 6.31. The highest BCUT2D eigenvalue weighted by atomic mass is 31.2. The van der Waals surface area contributed by atoms with E-state index in [0.29, 0.717) is 0 Å². The molecular weight excluding hydrogens is 394 g/mol. The van der Waals surface area contributed by atoms with Crippen LogP contribution < -0.4 is 11.2 Å². The normalized spacial score (nSPS) is 35.7. The van der Waals surface area contributed by atoms with E-state index in [1.54, 1.807) is 0 Å². The Bertz CT molecular complexity index is 921. The van der Waals surface area contributed by atoms with Crippen LogP contribution in [0, 0.1) is 11.3 Å². The number of hydrogen-bond acceptors (Lipinski definition) is 7. The number of hydrogen-bond donors (Lipinski definition) is 6. The summed E-state index contributed by atoms with van der Waals surface area (Å²) in [6.07, 6.45) is -1.33. The van der Waals surface area contributed by atoms with Crippen LogP contribution in [0.4, 0.5) is 0 Å². The van der Waals surface area contributed by atoms with Crippen molar-refractivity contribution in [3.05, 3.63) is 33.1 Å². The Morgan fingerprint density at radius 3 is 2.50 bits per heavy atom. The third kappa shape index (κ3) is 3.51. The molecule has 1 heterocycles. The van der Waals surface area contributed by atoms with Crippen molar-refractivity contribution in [1.82, 2.24) is 9.55 Å². The summed E-state index contributed by atoms with van der Waals surface area (Å²) in [7, 11) is -9.39. The minimum Gasteiger partial charge on any atom is -0.390 e. The van der Waals surface area contributed by atoms with Crippen LogP contribution in [0.1, 0.15) is 12.5 Å². The van der Waals surface area contributed by atoms with Crippen LogP contribution in [0.25, 0.3) is 0 Å². The average Bonchev–Trinajstić information content (AvgIpc) is 3.15. The SMILES string of the molecule is O=c1ccn([C@H]2[C@H](O)[C@H](O)C3(COP(=O)(O)CP(=O)(O)O)C[C@H]23)c(=O)[nH]1. The molecule has 2 aliphatic rings. The first-order valence-electron chi connectivity index (χ1n) is 7.55. The Hall–Kier alpha value is -1.10. The zero-order chi connectivity index (χ0) is 19.5. The number of fused-ring (bicyclic) bond motifs is 1. The zero-order valence-electron chi connectivity index (χ0n) is 13.2. The molecule has 0 amide bonds. The molecule has 2 fully saturated rings. The molecule has 2 unspecified atom stereocenters. The first-order chi connectivity index (χ1) is 11.9. The van der Waals surface area contributed by atoms with Crippen molar-refractivity contribution in [2.24, 2.45) is 11.3 Å². The summed E-state index contributed by atoms with van der Waals surface area (Å²) < 4.78 is 28.5. The van der Waals surface area contributed by atoms with E-state index in [4.69, 9.17) is 14.3 Å². The van der Waals surface area contributed by atoms with E-state index in [1.807, 2.05) is 4.98 Å². The van der Waals surface area contributed by atoms with Gasteiger partial charge in [-0.25, -0.2) is 4.79 Å². The largest absolute Gasteiger partial charge is 0.390 e. The molecule has 2 aliphatic carbocycles. The number of H-pyrrole nitrogens is 1. The highest BCUT2D eigenvalue weighted by Gasteiger charge is 2.72. The zero-order valence-corrected chi connectivity index (χ0v) is 15.0. The number of aromatic nitrogens is 2. The highest BCUT2D eigenvalue weighted by Crippen LogP contribution is 2.69. The molecule has 1 aromatic heterocycles. The van der Waals surface area contributed by atoms with E-state index >= 15 is 0 Å². The maximum Gasteiger partial charge on any atom is 0.340 e. The van der Waals surface area contributed by atoms with Gasteiger partial charge in [0.05, 0.1) is 18.8 Å². The quantitative estimate of drug-likeness (QED) is 0.288. The van der Waals surface area contributed by atoms with Gasteiger partial charge in [-0.3, -0.25) is 23.5 Å². The average molecular weight is 412 g/mol. The summed E-state index contributed by atoms with van der Waals surface area (Å²) in [6, 6.07) is 0.208. The van der Waals surface area contributed by atoms with E-state index in [2.05, 4.69) is 0 Å². The summed E-state index contributed by atoms with van der Waals surface area (Å²) in [6.45, 7) is -0.516. The fraction of sp³-hybridized carbons (Fsp3) is 0.667. The van der Waals surface area contributed by atoms with Gasteiger partial charge in [0.2, 0.25) is 0 Å². The van der Waals surface area contributed by atoms with Gasteiger partial charge < -0.3 is 29.4 Å². The first-order valence-corrected chi connectivity index (χ1v) is 11.1. The predicted octanol–water partition coefficient (Wildman–Crippen LogP) is -1.84. The Morgan fingerprint density at radius 1 is 1.27 bits per heavy atom. The smallest absolute Gasteiger partial charge is 0.340 e. The van der Waals surface area contributed by atoms with Gasteiger partial charge in [0.15, 0.2) is 5.90 Å². The Labute approximate surface area is 145 Å². The number of aliphatic hydroxyl groups excluding tert-OH is 2. The van der Waals surface area contributed by atoms with Crippen molar-refractivity contribution in [3.8, 4) is 0 Å². The molecular formula is C12H18N2O10P2. The molecule has 146 valence electrons. The lowest BCUT2D eigenvalue weighted by Gasteiger charge is -2.24. The maximum atomic E-state index is 11.9. The van der Waals surface area contributed by atoms with E-state index in [-0.39, 0.29) is 6.42 Å². The van der Waals surface area contributed by atoms with Crippen molar-refractivity contribution in [2.45, 2.75) is 24.7 Å². The minimum atomic E-state index is -4.78. The first kappa shape index (κ1) is 19.7. The second kappa shape index (κ2) is 6.22. The Morgan fingerprint density at radius 2 is 1.92 bits per heavy atom. The molecule has 1 aromatic rings. The van der Waals surface area contributed by atoms with Crippen LogP contribution in [0.5, 0.6) is 0 Å². The number of nitrogens with one attached hydrogen (secondary N) is 1. The summed E-state index contributed by atoms with van der Waals surface area (Å²) in [5, 5.41) is 20.6. The molecule has 0 saturated heterocycles. The van der Waals surface area contributed by atoms with Crippen molar-refractivity contribution in [2.75, 3.05) is 12.5 Å². The van der Waals surface area contributed by atoms with Gasteiger partial charge in [-0.15, -0.1) is 0 Å². The molecule has 3 rings (SSSR count). The lowest BCUT2D eigenvalue weighted by Crippen LogP contribution is -2.40. The fourth-order valence-electron chi connectivity index (χ4n) is 3.68. The molecule has 26 heavy (non-hydrogen) atoms. The molecule has 14 heteroatoms. The molecule has 0 radical (unpaired) electrons. The van der Waals surface area contributed by atoms with E-state index in [1.165, 1.54) is 6.20 Å². The van der Waals surface area contributed by atoms with Crippen LogP contribution in [0.2, 0.25) is 0 Å². The summed E-state index contributed by atoms with van der Waals surface area (Å²) >= 11 is 0. The lowest BCUT2D eigenvalue weighted by atomic mass is 10.0. The summed E-state index contributed by atoms with van der Waals surface area (Å²) in [5.41, 5.74) is -2.51. The predicted molar refractivity (Wildman–Crippen MR) is 85.6 cm³/mol. The van der Waals surface area contributed by atoms with Crippen molar-refractivity contribution in [1.29, 1.82) is 0 Å².